The number of hydrogen-bond acceptors (Lipinski definition) is 3. The first-order valence-electron chi connectivity index (χ1n) is 7.24. The first kappa shape index (κ1) is 12.4. The molecule has 5 rings (SSSR count). The Hall–Kier alpha value is -1.36. The first-order chi connectivity index (χ1) is 9.65. The second kappa shape index (κ2) is 4.32. The topological polar surface area (TPSA) is 52.7 Å². The zero-order valence-electron chi connectivity index (χ0n) is 11.4. The fraction of sp³-hybridized carbons (Fsp3) is 0.643. The van der Waals surface area contributed by atoms with E-state index in [2.05, 4.69) is 9.97 Å². The molecule has 0 N–H and O–H groups in total. The first-order valence-corrected chi connectivity index (χ1v) is 7.62. The maximum absolute atomic E-state index is 12.6. The van der Waals surface area contributed by atoms with E-state index >= 15 is 0 Å². The van der Waals surface area contributed by atoms with E-state index in [0.29, 0.717) is 11.6 Å². The van der Waals surface area contributed by atoms with Crippen molar-refractivity contribution in [2.24, 2.45) is 18.9 Å². The molecule has 20 heavy (non-hydrogen) atoms. The minimum Gasteiger partial charge on any atom is -0.292 e. The minimum absolute atomic E-state index is 0.00844. The van der Waals surface area contributed by atoms with Crippen LogP contribution in [0, 0.1) is 11.8 Å². The third-order valence-electron chi connectivity index (χ3n) is 5.15. The Morgan fingerprint density at radius 3 is 2.70 bits per heavy atom. The van der Waals surface area contributed by atoms with E-state index in [9.17, 15) is 4.79 Å². The van der Waals surface area contributed by atoms with Crippen LogP contribution in [0.4, 0.5) is 0 Å². The van der Waals surface area contributed by atoms with Gasteiger partial charge >= 0.3 is 5.69 Å². The summed E-state index contributed by atoms with van der Waals surface area (Å²) in [5, 5.41) is 0.206. The van der Waals surface area contributed by atoms with Gasteiger partial charge in [0.05, 0.1) is 6.20 Å². The molecule has 3 aliphatic rings. The van der Waals surface area contributed by atoms with Gasteiger partial charge in [-0.3, -0.25) is 9.13 Å². The van der Waals surface area contributed by atoms with Gasteiger partial charge < -0.3 is 0 Å². The van der Waals surface area contributed by atoms with Crippen LogP contribution in [0.2, 0.25) is 5.28 Å². The molecule has 0 spiro atoms. The molecule has 0 amide bonds. The van der Waals surface area contributed by atoms with Crippen LogP contribution in [0.1, 0.15) is 38.1 Å². The quantitative estimate of drug-likeness (QED) is 0.759. The predicted octanol–water partition coefficient (Wildman–Crippen LogP) is 2.53. The van der Waals surface area contributed by atoms with Gasteiger partial charge in [0.2, 0.25) is 5.28 Å². The molecule has 0 aliphatic heterocycles. The third kappa shape index (κ3) is 1.65. The highest BCUT2D eigenvalue weighted by Crippen LogP contribution is 2.47. The lowest BCUT2D eigenvalue weighted by Gasteiger charge is -2.42. The molecule has 2 heterocycles. The van der Waals surface area contributed by atoms with Crippen molar-refractivity contribution in [3.05, 3.63) is 22.0 Å². The number of rotatable bonds is 1. The van der Waals surface area contributed by atoms with E-state index in [1.54, 1.807) is 17.8 Å². The van der Waals surface area contributed by atoms with Crippen molar-refractivity contribution >= 4 is 22.8 Å². The molecule has 2 aromatic heterocycles. The predicted molar refractivity (Wildman–Crippen MR) is 76.9 cm³/mol. The summed E-state index contributed by atoms with van der Waals surface area (Å²) in [6, 6.07) is 0.282. The highest BCUT2D eigenvalue weighted by molar-refractivity contribution is 6.28. The number of fused-ring (bicyclic) bond motifs is 4. The fourth-order valence-corrected chi connectivity index (χ4v) is 4.20. The SMILES string of the molecule is Cn1c(=O)n(C2CC3CCC2CC3)c2nc(Cl)ncc21. The number of aryl methyl sites for hydroxylation is 1. The number of aromatic nitrogens is 4. The van der Waals surface area contributed by atoms with Crippen LogP contribution in [-0.2, 0) is 7.05 Å². The van der Waals surface area contributed by atoms with Crippen LogP contribution in [0.25, 0.3) is 11.2 Å². The highest BCUT2D eigenvalue weighted by Gasteiger charge is 2.38. The van der Waals surface area contributed by atoms with E-state index in [1.807, 2.05) is 4.57 Å². The molecule has 2 bridgehead atoms. The average Bonchev–Trinajstić information content (AvgIpc) is 2.71. The average molecular weight is 293 g/mol. The zero-order chi connectivity index (χ0) is 13.9. The smallest absolute Gasteiger partial charge is 0.292 e. The molecule has 2 aromatic rings. The van der Waals surface area contributed by atoms with E-state index in [1.165, 1.54) is 25.7 Å². The lowest BCUT2D eigenvalue weighted by atomic mass is 9.68. The van der Waals surface area contributed by atoms with Gasteiger partial charge in [0.15, 0.2) is 5.65 Å². The van der Waals surface area contributed by atoms with Gasteiger partial charge in [-0.1, -0.05) is 12.8 Å². The van der Waals surface area contributed by atoms with Crippen molar-refractivity contribution in [1.29, 1.82) is 0 Å². The molecular weight excluding hydrogens is 276 g/mol. The Morgan fingerprint density at radius 2 is 2.05 bits per heavy atom. The Kier molecular flexibility index (Phi) is 2.67. The standard InChI is InChI=1S/C14H17ClN4O/c1-18-11-7-16-13(15)17-12(11)19(14(18)20)10-6-8-2-4-9(10)5-3-8/h7-10H,2-6H2,1H3. The number of hydrogen-bond donors (Lipinski definition) is 0. The monoisotopic (exact) mass is 292 g/mol. The second-order valence-electron chi connectivity index (χ2n) is 6.14. The molecule has 106 valence electrons. The summed E-state index contributed by atoms with van der Waals surface area (Å²) in [5.41, 5.74) is 1.46. The van der Waals surface area contributed by atoms with E-state index in [0.717, 1.165) is 17.9 Å². The van der Waals surface area contributed by atoms with Gasteiger partial charge in [-0.15, -0.1) is 0 Å². The zero-order valence-corrected chi connectivity index (χ0v) is 12.2. The molecule has 6 heteroatoms. The van der Waals surface area contributed by atoms with Gasteiger partial charge in [-0.25, -0.2) is 9.78 Å². The molecule has 3 aliphatic carbocycles. The highest BCUT2D eigenvalue weighted by atomic mass is 35.5. The Morgan fingerprint density at radius 1 is 1.30 bits per heavy atom. The van der Waals surface area contributed by atoms with Crippen molar-refractivity contribution in [1.82, 2.24) is 19.1 Å². The maximum atomic E-state index is 12.6. The number of nitrogens with zero attached hydrogens (tertiary/aromatic N) is 4. The molecular formula is C14H17ClN4O. The summed E-state index contributed by atoms with van der Waals surface area (Å²) in [4.78, 5) is 20.9. The minimum atomic E-state index is 0.00844. The molecule has 3 saturated carbocycles. The maximum Gasteiger partial charge on any atom is 0.330 e. The van der Waals surface area contributed by atoms with Crippen LogP contribution in [0.5, 0.6) is 0 Å². The summed E-state index contributed by atoms with van der Waals surface area (Å²) in [5.74, 6) is 1.38. The third-order valence-corrected chi connectivity index (χ3v) is 5.33. The fourth-order valence-electron chi connectivity index (χ4n) is 4.07. The Balaban J connectivity index is 1.93. The summed E-state index contributed by atoms with van der Waals surface area (Å²) in [6.07, 6.45) is 7.84. The van der Waals surface area contributed by atoms with Gasteiger partial charge in [0, 0.05) is 13.1 Å². The van der Waals surface area contributed by atoms with E-state index in [4.69, 9.17) is 11.6 Å². The lowest BCUT2D eigenvalue weighted by Crippen LogP contribution is -2.38. The number of imidazole rings is 1. The summed E-state index contributed by atoms with van der Waals surface area (Å²) in [6.45, 7) is 0. The van der Waals surface area contributed by atoms with Crippen LogP contribution in [0.3, 0.4) is 0 Å². The van der Waals surface area contributed by atoms with Gasteiger partial charge in [-0.05, 0) is 42.7 Å². The Bertz CT molecular complexity index is 727. The van der Waals surface area contributed by atoms with Crippen LogP contribution < -0.4 is 5.69 Å². The molecule has 3 fully saturated rings. The van der Waals surface area contributed by atoms with Gasteiger partial charge in [0.1, 0.15) is 5.52 Å². The largest absolute Gasteiger partial charge is 0.330 e. The van der Waals surface area contributed by atoms with Crippen molar-refractivity contribution in [3.63, 3.8) is 0 Å². The summed E-state index contributed by atoms with van der Waals surface area (Å²) in [7, 11) is 1.78. The molecule has 1 unspecified atom stereocenters. The molecule has 1 atom stereocenters. The normalized spacial score (nSPS) is 29.2. The van der Waals surface area contributed by atoms with Crippen LogP contribution >= 0.6 is 11.6 Å². The van der Waals surface area contributed by atoms with Crippen molar-refractivity contribution in [3.8, 4) is 0 Å². The van der Waals surface area contributed by atoms with Crippen molar-refractivity contribution < 1.29 is 0 Å². The molecule has 0 saturated heterocycles. The molecule has 5 nitrogen and oxygen atoms in total. The summed E-state index contributed by atoms with van der Waals surface area (Å²) >= 11 is 5.92. The van der Waals surface area contributed by atoms with Crippen LogP contribution in [-0.4, -0.2) is 19.1 Å². The van der Waals surface area contributed by atoms with Crippen LogP contribution in [0.15, 0.2) is 11.0 Å². The van der Waals surface area contributed by atoms with Gasteiger partial charge in [0.25, 0.3) is 0 Å². The van der Waals surface area contributed by atoms with E-state index in [-0.39, 0.29) is 17.0 Å². The van der Waals surface area contributed by atoms with Crippen molar-refractivity contribution in [2.75, 3.05) is 0 Å². The summed E-state index contributed by atoms with van der Waals surface area (Å²) < 4.78 is 3.51. The van der Waals surface area contributed by atoms with Crippen molar-refractivity contribution in [2.45, 2.75) is 38.1 Å². The van der Waals surface area contributed by atoms with E-state index < -0.39 is 0 Å². The lowest BCUT2D eigenvalue weighted by molar-refractivity contribution is 0.105. The van der Waals surface area contributed by atoms with Gasteiger partial charge in [-0.2, -0.15) is 4.98 Å². The molecule has 0 aromatic carbocycles. The Labute approximate surface area is 121 Å². The number of halogens is 1. The molecule has 0 radical (unpaired) electrons. The second-order valence-corrected chi connectivity index (χ2v) is 6.48.